The van der Waals surface area contributed by atoms with Crippen LogP contribution in [0.25, 0.3) is 21.5 Å². The van der Waals surface area contributed by atoms with Crippen LogP contribution in [0.1, 0.15) is 74.1 Å². The number of hydrogen-bond donors (Lipinski definition) is 4. The largest absolute Gasteiger partial charge is 0.378 e. The predicted molar refractivity (Wildman–Crippen MR) is 245 cm³/mol. The van der Waals surface area contributed by atoms with Gasteiger partial charge in [-0.25, -0.2) is 0 Å². The number of hydrogen-bond acceptors (Lipinski definition) is 4. The Hall–Kier alpha value is -6.86. The predicted octanol–water partition coefficient (Wildman–Crippen LogP) is 10.5. The van der Waals surface area contributed by atoms with Crippen LogP contribution in [0.15, 0.2) is 182 Å². The summed E-state index contributed by atoms with van der Waals surface area (Å²) in [6, 6.07) is 56.0. The Bertz CT molecular complexity index is 2530. The molecular weight excluding hydrogens is 753 g/mol. The van der Waals surface area contributed by atoms with Crippen molar-refractivity contribution in [3.05, 3.63) is 238 Å². The lowest BCUT2D eigenvalue weighted by Gasteiger charge is -2.39. The zero-order chi connectivity index (χ0) is 42.7. The summed E-state index contributed by atoms with van der Waals surface area (Å²) in [7, 11) is 0. The molecule has 8 rings (SSSR count). The first-order valence-electron chi connectivity index (χ1n) is 20.7. The van der Waals surface area contributed by atoms with Crippen molar-refractivity contribution in [2.45, 2.75) is 57.4 Å². The summed E-state index contributed by atoms with van der Waals surface area (Å²) < 4.78 is 0. The number of aryl methyl sites for hydroxylation is 4. The van der Waals surface area contributed by atoms with Crippen molar-refractivity contribution in [3.8, 4) is 0 Å². The van der Waals surface area contributed by atoms with E-state index in [2.05, 4.69) is 10.6 Å². The Morgan fingerprint density at radius 2 is 0.689 bits per heavy atom. The Balaban J connectivity index is 1.22. The van der Waals surface area contributed by atoms with Crippen molar-refractivity contribution in [3.63, 3.8) is 0 Å². The fraction of sp³-hybridized carbons (Fsp3) is 0.164. The van der Waals surface area contributed by atoms with Crippen molar-refractivity contribution in [1.82, 2.24) is 10.6 Å². The summed E-state index contributed by atoms with van der Waals surface area (Å²) in [5, 5.41) is 36.6. The van der Waals surface area contributed by atoms with Crippen LogP contribution in [0.4, 0.5) is 0 Å². The summed E-state index contributed by atoms with van der Waals surface area (Å²) in [6.45, 7) is 7.95. The van der Waals surface area contributed by atoms with Gasteiger partial charge in [-0.15, -0.1) is 0 Å². The average Bonchev–Trinajstić information content (AvgIpc) is 3.27. The molecular formula is C55H50N2O4. The Morgan fingerprint density at radius 3 is 1.00 bits per heavy atom. The van der Waals surface area contributed by atoms with E-state index in [0.717, 1.165) is 43.8 Å². The minimum atomic E-state index is -1.76. The van der Waals surface area contributed by atoms with Gasteiger partial charge in [-0.1, -0.05) is 204 Å². The maximum Gasteiger partial charge on any atom is 0.230 e. The number of fused-ring (bicyclic) bond motifs is 2. The zero-order valence-electron chi connectivity index (χ0n) is 34.9. The second-order valence-corrected chi connectivity index (χ2v) is 16.3. The molecule has 0 saturated heterocycles. The molecule has 0 aliphatic carbocycles. The standard InChI is InChI=1S/C55H50N2O4/c1-36-19-27-42(28-20-36)54(60,43-29-21-37(2)22-30-43)52(48-17-9-13-40-11-5-7-15-46(40)48)56-50(58)35-51(59)57-53(49-18-10-14-41-12-6-8-16-47(41)49)55(61,44-31-23-38(3)24-32-44)45-33-25-39(4)26-34-45/h5-34,52-53,60-61H,35H2,1-4H3,(H,56,58)(H,57,59)/t52-,53-/m1/s1. The third-order valence-electron chi connectivity index (χ3n) is 12.0. The second kappa shape index (κ2) is 17.0. The molecule has 0 spiro atoms. The molecule has 0 fully saturated rings. The van der Waals surface area contributed by atoms with E-state index in [4.69, 9.17) is 0 Å². The summed E-state index contributed by atoms with van der Waals surface area (Å²) in [6.07, 6.45) is -0.585. The number of amides is 2. The van der Waals surface area contributed by atoms with Gasteiger partial charge in [0.15, 0.2) is 0 Å². The number of carbonyl (C=O) groups excluding carboxylic acids is 2. The van der Waals surface area contributed by atoms with E-state index in [9.17, 15) is 19.8 Å². The minimum absolute atomic E-state index is 0.585. The first-order valence-corrected chi connectivity index (χ1v) is 20.7. The van der Waals surface area contributed by atoms with Crippen LogP contribution in [0, 0.1) is 27.7 Å². The SMILES string of the molecule is Cc1ccc(C(O)(c2ccc(C)cc2)[C@H](NC(=O)CC(=O)N[C@H](c2cccc3ccccc23)C(O)(c2ccc(C)cc2)c2ccc(C)cc2)c2cccc3ccccc23)cc1. The normalized spacial score (nSPS) is 12.8. The topological polar surface area (TPSA) is 98.7 Å². The number of aliphatic hydroxyl groups is 2. The van der Waals surface area contributed by atoms with Crippen molar-refractivity contribution in [1.29, 1.82) is 0 Å². The van der Waals surface area contributed by atoms with E-state index in [0.29, 0.717) is 33.4 Å². The molecule has 0 aliphatic heterocycles. The molecule has 8 aromatic rings. The van der Waals surface area contributed by atoms with Crippen LogP contribution >= 0.6 is 0 Å². The Morgan fingerprint density at radius 1 is 0.410 bits per heavy atom. The summed E-state index contributed by atoms with van der Waals surface area (Å²) in [5.74, 6) is -1.20. The number of rotatable bonds is 12. The highest BCUT2D eigenvalue weighted by Crippen LogP contribution is 2.45. The van der Waals surface area contributed by atoms with Gasteiger partial charge in [0, 0.05) is 0 Å². The van der Waals surface area contributed by atoms with E-state index in [1.54, 1.807) is 0 Å². The fourth-order valence-electron chi connectivity index (χ4n) is 8.62. The van der Waals surface area contributed by atoms with Gasteiger partial charge in [-0.3, -0.25) is 9.59 Å². The quantitative estimate of drug-likeness (QED) is 0.0925. The highest BCUT2D eigenvalue weighted by atomic mass is 16.3. The molecule has 0 unspecified atom stereocenters. The fourth-order valence-corrected chi connectivity index (χ4v) is 8.62. The Labute approximate surface area is 357 Å². The van der Waals surface area contributed by atoms with Crippen LogP contribution in [-0.4, -0.2) is 22.0 Å². The number of carbonyl (C=O) groups is 2. The summed E-state index contributed by atoms with van der Waals surface area (Å²) >= 11 is 0. The van der Waals surface area contributed by atoms with Gasteiger partial charge in [-0.2, -0.15) is 0 Å². The molecule has 0 bridgehead atoms. The molecule has 304 valence electrons. The van der Waals surface area contributed by atoms with Crippen molar-refractivity contribution in [2.75, 3.05) is 0 Å². The molecule has 4 N–H and O–H groups in total. The van der Waals surface area contributed by atoms with E-state index < -0.39 is 41.5 Å². The molecule has 0 saturated carbocycles. The van der Waals surface area contributed by atoms with Crippen LogP contribution in [0.5, 0.6) is 0 Å². The lowest BCUT2D eigenvalue weighted by Crippen LogP contribution is -2.48. The maximum absolute atomic E-state index is 14.6. The maximum atomic E-state index is 14.6. The van der Waals surface area contributed by atoms with Gasteiger partial charge in [-0.05, 0) is 82.6 Å². The number of nitrogens with one attached hydrogen (secondary N) is 2. The molecule has 0 heterocycles. The molecule has 61 heavy (non-hydrogen) atoms. The van der Waals surface area contributed by atoms with Gasteiger partial charge in [0.1, 0.15) is 17.6 Å². The molecule has 0 radical (unpaired) electrons. The van der Waals surface area contributed by atoms with Crippen molar-refractivity contribution in [2.24, 2.45) is 0 Å². The molecule has 6 nitrogen and oxygen atoms in total. The van der Waals surface area contributed by atoms with Gasteiger partial charge in [0.05, 0.1) is 12.1 Å². The Kier molecular flexibility index (Phi) is 11.4. The number of benzene rings is 8. The summed E-state index contributed by atoms with van der Waals surface area (Å²) in [5.41, 5.74) is 4.29. The highest BCUT2D eigenvalue weighted by molar-refractivity contribution is 5.98. The molecule has 6 heteroatoms. The first kappa shape index (κ1) is 40.9. The van der Waals surface area contributed by atoms with E-state index in [-0.39, 0.29) is 0 Å². The van der Waals surface area contributed by atoms with E-state index in [1.165, 1.54) is 0 Å². The van der Waals surface area contributed by atoms with Gasteiger partial charge in [0.2, 0.25) is 11.8 Å². The first-order chi connectivity index (χ1) is 29.4. The lowest BCUT2D eigenvalue weighted by atomic mass is 9.75. The molecule has 0 aromatic heterocycles. The third-order valence-corrected chi connectivity index (χ3v) is 12.0. The van der Waals surface area contributed by atoms with E-state index in [1.807, 2.05) is 210 Å². The second-order valence-electron chi connectivity index (χ2n) is 16.3. The van der Waals surface area contributed by atoms with Crippen molar-refractivity contribution >= 4 is 33.4 Å². The van der Waals surface area contributed by atoms with E-state index >= 15 is 0 Å². The third kappa shape index (κ3) is 8.08. The van der Waals surface area contributed by atoms with Crippen LogP contribution in [-0.2, 0) is 20.8 Å². The lowest BCUT2D eigenvalue weighted by molar-refractivity contribution is -0.132. The average molecular weight is 803 g/mol. The molecule has 2 amide bonds. The minimum Gasteiger partial charge on any atom is -0.378 e. The molecule has 0 aliphatic rings. The van der Waals surface area contributed by atoms with Gasteiger partial charge >= 0.3 is 0 Å². The van der Waals surface area contributed by atoms with Crippen molar-refractivity contribution < 1.29 is 19.8 Å². The van der Waals surface area contributed by atoms with Gasteiger partial charge in [0.25, 0.3) is 0 Å². The van der Waals surface area contributed by atoms with Crippen LogP contribution < -0.4 is 10.6 Å². The highest BCUT2D eigenvalue weighted by Gasteiger charge is 2.45. The van der Waals surface area contributed by atoms with Crippen LogP contribution in [0.2, 0.25) is 0 Å². The molecule has 2 atom stereocenters. The zero-order valence-corrected chi connectivity index (χ0v) is 34.9. The van der Waals surface area contributed by atoms with Crippen LogP contribution in [0.3, 0.4) is 0 Å². The van der Waals surface area contributed by atoms with Gasteiger partial charge < -0.3 is 20.8 Å². The summed E-state index contributed by atoms with van der Waals surface area (Å²) in [4.78, 5) is 29.3. The molecule has 8 aromatic carbocycles. The smallest absolute Gasteiger partial charge is 0.230 e. The monoisotopic (exact) mass is 802 g/mol.